The third-order valence-corrected chi connectivity index (χ3v) is 2.81. The van der Waals surface area contributed by atoms with E-state index in [0.29, 0.717) is 5.92 Å². The van der Waals surface area contributed by atoms with E-state index in [2.05, 4.69) is 27.4 Å². The predicted molar refractivity (Wildman–Crippen MR) is 72.9 cm³/mol. The summed E-state index contributed by atoms with van der Waals surface area (Å²) in [7, 11) is 0. The second-order valence-electron chi connectivity index (χ2n) is 5.10. The van der Waals surface area contributed by atoms with E-state index in [1.165, 1.54) is 31.8 Å². The summed E-state index contributed by atoms with van der Waals surface area (Å²) in [6.45, 7) is 9.97. The highest BCUT2D eigenvalue weighted by atomic mass is 16.5. The standard InChI is InChI=1S/C15H28O2/c1-5-7-8-9-10-11-14(12-13(3)4)17-15(16)6-2/h6,13-14H,2,5,7-12H2,1,3-4H3. The van der Waals surface area contributed by atoms with Crippen LogP contribution in [0.15, 0.2) is 12.7 Å². The average Bonchev–Trinajstić information content (AvgIpc) is 2.27. The fourth-order valence-corrected chi connectivity index (χ4v) is 1.94. The molecule has 0 aliphatic heterocycles. The Morgan fingerprint density at radius 2 is 1.88 bits per heavy atom. The van der Waals surface area contributed by atoms with E-state index in [-0.39, 0.29) is 12.1 Å². The molecule has 1 atom stereocenters. The van der Waals surface area contributed by atoms with Crippen LogP contribution in [0.3, 0.4) is 0 Å². The van der Waals surface area contributed by atoms with Crippen molar-refractivity contribution in [3.8, 4) is 0 Å². The van der Waals surface area contributed by atoms with Gasteiger partial charge in [0.1, 0.15) is 6.10 Å². The molecular weight excluding hydrogens is 212 g/mol. The zero-order chi connectivity index (χ0) is 13.1. The van der Waals surface area contributed by atoms with E-state index >= 15 is 0 Å². The highest BCUT2D eigenvalue weighted by molar-refractivity contribution is 5.81. The van der Waals surface area contributed by atoms with Crippen LogP contribution in [0.1, 0.15) is 65.7 Å². The number of esters is 1. The number of rotatable bonds is 10. The molecule has 0 aliphatic rings. The van der Waals surface area contributed by atoms with Crippen molar-refractivity contribution in [3.05, 3.63) is 12.7 Å². The molecule has 2 nitrogen and oxygen atoms in total. The topological polar surface area (TPSA) is 26.3 Å². The number of hydrogen-bond donors (Lipinski definition) is 0. The normalized spacial score (nSPS) is 12.5. The minimum atomic E-state index is -0.288. The molecule has 1 unspecified atom stereocenters. The van der Waals surface area contributed by atoms with Crippen molar-refractivity contribution < 1.29 is 9.53 Å². The van der Waals surface area contributed by atoms with E-state index in [0.717, 1.165) is 19.3 Å². The molecule has 0 bridgehead atoms. The van der Waals surface area contributed by atoms with E-state index in [4.69, 9.17) is 4.74 Å². The monoisotopic (exact) mass is 240 g/mol. The van der Waals surface area contributed by atoms with Crippen LogP contribution in [0.4, 0.5) is 0 Å². The highest BCUT2D eigenvalue weighted by Gasteiger charge is 2.14. The molecule has 0 aromatic heterocycles. The first-order chi connectivity index (χ1) is 8.10. The largest absolute Gasteiger partial charge is 0.459 e. The maximum absolute atomic E-state index is 11.2. The van der Waals surface area contributed by atoms with Gasteiger partial charge in [-0.3, -0.25) is 0 Å². The average molecular weight is 240 g/mol. The summed E-state index contributed by atoms with van der Waals surface area (Å²) < 4.78 is 5.36. The maximum atomic E-state index is 11.2. The van der Waals surface area contributed by atoms with Crippen LogP contribution < -0.4 is 0 Å². The minimum Gasteiger partial charge on any atom is -0.459 e. The van der Waals surface area contributed by atoms with Crippen molar-refractivity contribution in [3.63, 3.8) is 0 Å². The molecule has 0 spiro atoms. The zero-order valence-corrected chi connectivity index (χ0v) is 11.7. The van der Waals surface area contributed by atoms with Gasteiger partial charge in [-0.15, -0.1) is 0 Å². The van der Waals surface area contributed by atoms with E-state index in [9.17, 15) is 4.79 Å². The molecule has 2 heteroatoms. The summed E-state index contributed by atoms with van der Waals surface area (Å²) in [5, 5.41) is 0. The number of carbonyl (C=O) groups is 1. The molecule has 0 aromatic carbocycles. The summed E-state index contributed by atoms with van der Waals surface area (Å²) in [5.41, 5.74) is 0. The first kappa shape index (κ1) is 16.2. The van der Waals surface area contributed by atoms with Gasteiger partial charge >= 0.3 is 5.97 Å². The van der Waals surface area contributed by atoms with Crippen LogP contribution >= 0.6 is 0 Å². The number of ether oxygens (including phenoxy) is 1. The van der Waals surface area contributed by atoms with Gasteiger partial charge in [-0.2, -0.15) is 0 Å². The van der Waals surface area contributed by atoms with Crippen LogP contribution in [0.25, 0.3) is 0 Å². The van der Waals surface area contributed by atoms with Crippen LogP contribution in [0.5, 0.6) is 0 Å². The molecule has 0 saturated heterocycles. The number of unbranched alkanes of at least 4 members (excludes halogenated alkanes) is 4. The van der Waals surface area contributed by atoms with Gasteiger partial charge in [-0.1, -0.05) is 53.0 Å². The Bertz CT molecular complexity index is 209. The van der Waals surface area contributed by atoms with Crippen LogP contribution in [0, 0.1) is 5.92 Å². The van der Waals surface area contributed by atoms with Gasteiger partial charge in [0.05, 0.1) is 0 Å². The molecule has 0 fully saturated rings. The van der Waals surface area contributed by atoms with Crippen molar-refractivity contribution in [2.75, 3.05) is 0 Å². The third-order valence-electron chi connectivity index (χ3n) is 2.81. The van der Waals surface area contributed by atoms with Crippen LogP contribution in [0.2, 0.25) is 0 Å². The summed E-state index contributed by atoms with van der Waals surface area (Å²) >= 11 is 0. The molecule has 0 amide bonds. The Kier molecular flexibility index (Phi) is 9.89. The van der Waals surface area contributed by atoms with Gasteiger partial charge in [0, 0.05) is 6.08 Å². The maximum Gasteiger partial charge on any atom is 0.330 e. The SMILES string of the molecule is C=CC(=O)OC(CCCCCCC)CC(C)C. The van der Waals surface area contributed by atoms with Crippen molar-refractivity contribution in [1.29, 1.82) is 0 Å². The lowest BCUT2D eigenvalue weighted by Gasteiger charge is -2.18. The lowest BCUT2D eigenvalue weighted by molar-refractivity contribution is -0.144. The van der Waals surface area contributed by atoms with Crippen molar-refractivity contribution >= 4 is 5.97 Å². The molecule has 0 aromatic rings. The molecule has 0 N–H and O–H groups in total. The summed E-state index contributed by atoms with van der Waals surface area (Å²) in [4.78, 5) is 11.2. The lowest BCUT2D eigenvalue weighted by Crippen LogP contribution is -2.19. The molecule has 0 aliphatic carbocycles. The Hall–Kier alpha value is -0.790. The smallest absolute Gasteiger partial charge is 0.330 e. The van der Waals surface area contributed by atoms with Crippen LogP contribution in [-0.4, -0.2) is 12.1 Å². The Balaban J connectivity index is 3.84. The van der Waals surface area contributed by atoms with Gasteiger partial charge in [0.15, 0.2) is 0 Å². The fourth-order valence-electron chi connectivity index (χ4n) is 1.94. The molecule has 0 heterocycles. The van der Waals surface area contributed by atoms with E-state index in [1.807, 2.05) is 0 Å². The molecule has 17 heavy (non-hydrogen) atoms. The summed E-state index contributed by atoms with van der Waals surface area (Å²) in [5.74, 6) is 0.275. The molecule has 0 rings (SSSR count). The second kappa shape index (κ2) is 10.4. The quantitative estimate of drug-likeness (QED) is 0.319. The predicted octanol–water partition coefficient (Wildman–Crippen LogP) is 4.49. The van der Waals surface area contributed by atoms with Gasteiger partial charge < -0.3 is 4.74 Å². The van der Waals surface area contributed by atoms with Crippen molar-refractivity contribution in [2.45, 2.75) is 71.8 Å². The minimum absolute atomic E-state index is 0.0714. The molecule has 0 radical (unpaired) electrons. The Morgan fingerprint density at radius 1 is 1.24 bits per heavy atom. The highest BCUT2D eigenvalue weighted by Crippen LogP contribution is 2.16. The number of hydrogen-bond acceptors (Lipinski definition) is 2. The summed E-state index contributed by atoms with van der Waals surface area (Å²) in [6, 6.07) is 0. The first-order valence-corrected chi connectivity index (χ1v) is 6.93. The van der Waals surface area contributed by atoms with Gasteiger partial charge in [-0.25, -0.2) is 4.79 Å². The number of carbonyl (C=O) groups excluding carboxylic acids is 1. The van der Waals surface area contributed by atoms with Crippen LogP contribution in [-0.2, 0) is 9.53 Å². The van der Waals surface area contributed by atoms with Gasteiger partial charge in [-0.05, 0) is 25.2 Å². The van der Waals surface area contributed by atoms with Crippen molar-refractivity contribution in [1.82, 2.24) is 0 Å². The Morgan fingerprint density at radius 3 is 2.41 bits per heavy atom. The molecular formula is C15H28O2. The third kappa shape index (κ3) is 10.1. The van der Waals surface area contributed by atoms with E-state index < -0.39 is 0 Å². The van der Waals surface area contributed by atoms with Gasteiger partial charge in [0.2, 0.25) is 0 Å². The van der Waals surface area contributed by atoms with E-state index in [1.54, 1.807) is 0 Å². The van der Waals surface area contributed by atoms with Gasteiger partial charge in [0.25, 0.3) is 0 Å². The van der Waals surface area contributed by atoms with Crippen molar-refractivity contribution in [2.24, 2.45) is 5.92 Å². The molecule has 100 valence electrons. The fraction of sp³-hybridized carbons (Fsp3) is 0.800. The zero-order valence-electron chi connectivity index (χ0n) is 11.7. The second-order valence-corrected chi connectivity index (χ2v) is 5.10. The molecule has 0 saturated carbocycles. The Labute approximate surface area is 106 Å². The first-order valence-electron chi connectivity index (χ1n) is 6.93. The lowest BCUT2D eigenvalue weighted by atomic mass is 10.0. The summed E-state index contributed by atoms with van der Waals surface area (Å²) in [6.07, 6.45) is 9.53.